The van der Waals surface area contributed by atoms with E-state index in [1.807, 2.05) is 19.9 Å². The Bertz CT molecular complexity index is 1210. The van der Waals surface area contributed by atoms with Crippen LogP contribution in [-0.2, 0) is 10.0 Å². The number of aryl methyl sites for hydroxylation is 1. The third-order valence-electron chi connectivity index (χ3n) is 6.67. The number of carbonyl (C=O) groups is 1. The predicted octanol–water partition coefficient (Wildman–Crippen LogP) is 4.03. The molecule has 0 unspecified atom stereocenters. The second-order valence-corrected chi connectivity index (χ2v) is 10.9. The van der Waals surface area contributed by atoms with Gasteiger partial charge in [-0.2, -0.15) is 4.31 Å². The minimum atomic E-state index is -3.88. The summed E-state index contributed by atoms with van der Waals surface area (Å²) in [7, 11) is -3.88. The van der Waals surface area contributed by atoms with E-state index in [0.717, 1.165) is 6.07 Å². The van der Waals surface area contributed by atoms with Gasteiger partial charge in [0.15, 0.2) is 5.69 Å². The largest absolute Gasteiger partial charge is 0.360 e. The van der Waals surface area contributed by atoms with Crippen LogP contribution >= 0.6 is 0 Å². The van der Waals surface area contributed by atoms with Crippen LogP contribution in [0.5, 0.6) is 0 Å². The van der Waals surface area contributed by atoms with Gasteiger partial charge >= 0.3 is 0 Å². The van der Waals surface area contributed by atoms with Crippen LogP contribution in [0.3, 0.4) is 0 Å². The topological polar surface area (TPSA) is 83.7 Å². The van der Waals surface area contributed by atoms with Gasteiger partial charge < -0.3 is 9.42 Å². The number of rotatable bonds is 7. The lowest BCUT2D eigenvalue weighted by Crippen LogP contribution is -2.68. The normalized spacial score (nSPS) is 19.3. The van der Waals surface area contributed by atoms with E-state index in [0.29, 0.717) is 37.3 Å². The van der Waals surface area contributed by atoms with Crippen LogP contribution in [-0.4, -0.2) is 53.9 Å². The smallest absolute Gasteiger partial charge is 0.277 e. The summed E-state index contributed by atoms with van der Waals surface area (Å²) in [4.78, 5) is 14.9. The van der Waals surface area contributed by atoms with Crippen molar-refractivity contribution in [1.82, 2.24) is 14.4 Å². The summed E-state index contributed by atoms with van der Waals surface area (Å²) in [6.45, 7) is 10.00. The van der Waals surface area contributed by atoms with Crippen LogP contribution in [0.25, 0.3) is 6.08 Å². The molecular weight excluding hydrogens is 445 g/mol. The van der Waals surface area contributed by atoms with Crippen LogP contribution in [0, 0.1) is 18.2 Å². The fourth-order valence-corrected chi connectivity index (χ4v) is 6.61. The van der Waals surface area contributed by atoms with Gasteiger partial charge in [-0.3, -0.25) is 4.79 Å². The lowest BCUT2D eigenvalue weighted by Gasteiger charge is -2.60. The van der Waals surface area contributed by atoms with Crippen molar-refractivity contribution < 1.29 is 22.1 Å². The second-order valence-electron chi connectivity index (χ2n) is 8.96. The minimum Gasteiger partial charge on any atom is -0.360 e. The number of hydrogen-bond donors (Lipinski definition) is 0. The maximum Gasteiger partial charge on any atom is 0.277 e. The molecule has 0 bridgehead atoms. The molecule has 2 aliphatic rings. The van der Waals surface area contributed by atoms with Crippen LogP contribution in [0.1, 0.15) is 48.5 Å². The highest BCUT2D eigenvalue weighted by atomic mass is 32.2. The number of hydrogen-bond acceptors (Lipinski definition) is 5. The van der Waals surface area contributed by atoms with E-state index in [1.165, 1.54) is 22.5 Å². The van der Waals surface area contributed by atoms with Gasteiger partial charge in [-0.1, -0.05) is 35.5 Å². The standard InChI is InChI=1S/C24H28FN3O4S/c1-5-9-19-17(4)32-26-22(19)23(29)28(16(3)6-2)18-12-24(13-18)14-27(15-24)33(30,31)21-11-8-7-10-20(21)25/h5-11,16,18H,2,12-15H2,1,3-4H3/b9-5+/t16-/m1/s1. The Hall–Kier alpha value is -2.78. The van der Waals surface area contributed by atoms with Crippen molar-refractivity contribution >= 4 is 22.0 Å². The maximum atomic E-state index is 14.1. The maximum absolute atomic E-state index is 14.1. The predicted molar refractivity (Wildman–Crippen MR) is 122 cm³/mol. The van der Waals surface area contributed by atoms with Crippen LogP contribution in [0.4, 0.5) is 4.39 Å². The fourth-order valence-electron chi connectivity index (χ4n) is 4.88. The molecule has 176 valence electrons. The van der Waals surface area contributed by atoms with Crippen LogP contribution in [0.2, 0.25) is 0 Å². The molecular formula is C24H28FN3O4S. The van der Waals surface area contributed by atoms with Gasteiger partial charge in [-0.15, -0.1) is 6.58 Å². The molecule has 1 amide bonds. The summed E-state index contributed by atoms with van der Waals surface area (Å²) in [6.07, 6.45) is 6.66. The molecule has 1 aromatic carbocycles. The van der Waals surface area contributed by atoms with Gasteiger partial charge in [0.1, 0.15) is 16.5 Å². The molecule has 7 nitrogen and oxygen atoms in total. The molecule has 1 saturated heterocycles. The number of benzene rings is 1. The second kappa shape index (κ2) is 8.53. The summed E-state index contributed by atoms with van der Waals surface area (Å²) >= 11 is 0. The molecule has 9 heteroatoms. The molecule has 33 heavy (non-hydrogen) atoms. The quantitative estimate of drug-likeness (QED) is 0.567. The fraction of sp³-hybridized carbons (Fsp3) is 0.417. The zero-order chi connectivity index (χ0) is 24.0. The molecule has 0 radical (unpaired) electrons. The van der Waals surface area contributed by atoms with Gasteiger partial charge in [0.25, 0.3) is 5.91 Å². The average molecular weight is 474 g/mol. The Balaban J connectivity index is 1.48. The lowest BCUT2D eigenvalue weighted by molar-refractivity contribution is -0.0707. The number of aromatic nitrogens is 1. The van der Waals surface area contributed by atoms with Gasteiger partial charge in [-0.25, -0.2) is 12.8 Å². The number of allylic oxidation sites excluding steroid dienone is 1. The minimum absolute atomic E-state index is 0.0701. The molecule has 1 aromatic heterocycles. The molecule has 1 aliphatic heterocycles. The molecule has 1 aliphatic carbocycles. The van der Waals surface area contributed by atoms with Crippen molar-refractivity contribution in [2.75, 3.05) is 13.1 Å². The van der Waals surface area contributed by atoms with Crippen LogP contribution in [0.15, 0.2) is 52.4 Å². The van der Waals surface area contributed by atoms with Crippen LogP contribution < -0.4 is 0 Å². The van der Waals surface area contributed by atoms with E-state index in [-0.39, 0.29) is 34.0 Å². The summed E-state index contributed by atoms with van der Waals surface area (Å²) < 4.78 is 46.3. The van der Waals surface area contributed by atoms with Gasteiger partial charge in [0.05, 0.1) is 0 Å². The van der Waals surface area contributed by atoms with Crippen molar-refractivity contribution in [3.8, 4) is 0 Å². The number of carbonyl (C=O) groups excluding carboxylic acids is 1. The summed E-state index contributed by atoms with van der Waals surface area (Å²) in [5.74, 6) is -0.413. The van der Waals surface area contributed by atoms with E-state index < -0.39 is 15.8 Å². The Morgan fingerprint density at radius 1 is 1.36 bits per heavy atom. The van der Waals surface area contributed by atoms with Gasteiger partial charge in [0.2, 0.25) is 10.0 Å². The van der Waals surface area contributed by atoms with E-state index in [9.17, 15) is 17.6 Å². The zero-order valence-corrected chi connectivity index (χ0v) is 19.8. The molecule has 4 rings (SSSR count). The first kappa shape index (κ1) is 23.4. The number of nitrogens with zero attached hydrogens (tertiary/aromatic N) is 3. The Labute approximate surface area is 193 Å². The number of halogens is 1. The lowest BCUT2D eigenvalue weighted by atomic mass is 9.61. The van der Waals surface area contributed by atoms with Crippen molar-refractivity contribution in [2.24, 2.45) is 5.41 Å². The van der Waals surface area contributed by atoms with Gasteiger partial charge in [0, 0.05) is 36.2 Å². The van der Waals surface area contributed by atoms with E-state index >= 15 is 0 Å². The first-order chi connectivity index (χ1) is 15.6. The van der Waals surface area contributed by atoms with E-state index in [4.69, 9.17) is 4.52 Å². The van der Waals surface area contributed by atoms with E-state index in [2.05, 4.69) is 11.7 Å². The Kier molecular flexibility index (Phi) is 6.05. The average Bonchev–Trinajstić information content (AvgIpc) is 3.08. The molecule has 1 saturated carbocycles. The third kappa shape index (κ3) is 3.93. The van der Waals surface area contributed by atoms with Crippen molar-refractivity contribution in [1.29, 1.82) is 0 Å². The van der Waals surface area contributed by atoms with Crippen molar-refractivity contribution in [3.63, 3.8) is 0 Å². The van der Waals surface area contributed by atoms with Crippen molar-refractivity contribution in [3.05, 3.63) is 65.8 Å². The summed E-state index contributed by atoms with van der Waals surface area (Å²) in [5.41, 5.74) is 0.718. The number of sulfonamides is 1. The van der Waals surface area contributed by atoms with Crippen molar-refractivity contribution in [2.45, 2.75) is 50.6 Å². The highest BCUT2D eigenvalue weighted by molar-refractivity contribution is 7.89. The molecule has 2 fully saturated rings. The molecule has 1 atom stereocenters. The first-order valence-electron chi connectivity index (χ1n) is 10.9. The van der Waals surface area contributed by atoms with Gasteiger partial charge in [-0.05, 0) is 45.7 Å². The highest BCUT2D eigenvalue weighted by Crippen LogP contribution is 2.52. The molecule has 2 heterocycles. The highest BCUT2D eigenvalue weighted by Gasteiger charge is 2.58. The summed E-state index contributed by atoms with van der Waals surface area (Å²) in [6, 6.07) is 5.11. The third-order valence-corrected chi connectivity index (χ3v) is 8.49. The SMILES string of the molecule is C=C[C@@H](C)N(C(=O)c1noc(C)c1/C=C/C)C1CC2(C1)CN(S(=O)(=O)c1ccccc1F)C2. The Morgan fingerprint density at radius 2 is 2.03 bits per heavy atom. The molecule has 2 aromatic rings. The number of amides is 1. The zero-order valence-electron chi connectivity index (χ0n) is 19.0. The first-order valence-corrected chi connectivity index (χ1v) is 12.4. The summed E-state index contributed by atoms with van der Waals surface area (Å²) in [5, 5.41) is 3.99. The van der Waals surface area contributed by atoms with E-state index in [1.54, 1.807) is 24.0 Å². The monoisotopic (exact) mass is 473 g/mol. The molecule has 1 spiro atoms. The Morgan fingerprint density at radius 3 is 2.64 bits per heavy atom. The molecule has 0 N–H and O–H groups in total.